The number of rotatable bonds is 5. The first-order chi connectivity index (χ1) is 7.19. The van der Waals surface area contributed by atoms with Gasteiger partial charge in [0.25, 0.3) is 0 Å². The molecule has 0 amide bonds. The summed E-state index contributed by atoms with van der Waals surface area (Å²) in [4.78, 5) is 1.94. The molecule has 0 radical (unpaired) electrons. The van der Waals surface area contributed by atoms with Gasteiger partial charge in [0.05, 0.1) is 12.6 Å². The Hall–Kier alpha value is -0.770. The van der Waals surface area contributed by atoms with Crippen molar-refractivity contribution < 1.29 is 10.2 Å². The predicted octanol–water partition coefficient (Wildman–Crippen LogP) is 1.52. The van der Waals surface area contributed by atoms with E-state index in [1.165, 1.54) is 0 Å². The van der Waals surface area contributed by atoms with E-state index in [1.54, 1.807) is 12.1 Å². The van der Waals surface area contributed by atoms with Crippen LogP contribution in [0.4, 0.5) is 5.69 Å². The summed E-state index contributed by atoms with van der Waals surface area (Å²) < 4.78 is 0. The van der Waals surface area contributed by atoms with E-state index in [1.807, 2.05) is 24.1 Å². The number of aliphatic hydroxyl groups excluding tert-OH is 2. The summed E-state index contributed by atoms with van der Waals surface area (Å²) in [6, 6.07) is 7.34. The zero-order valence-electron chi connectivity index (χ0n) is 8.73. The Morgan fingerprint density at radius 2 is 1.87 bits per heavy atom. The van der Waals surface area contributed by atoms with E-state index in [0.29, 0.717) is 11.4 Å². The Bertz CT molecular complexity index is 289. The number of nitrogens with zero attached hydrogens (tertiary/aromatic N) is 1. The van der Waals surface area contributed by atoms with Gasteiger partial charge in [0.15, 0.2) is 0 Å². The van der Waals surface area contributed by atoms with E-state index >= 15 is 0 Å². The summed E-state index contributed by atoms with van der Waals surface area (Å²) in [5.74, 6) is 0. The monoisotopic (exact) mass is 229 g/mol. The first-order valence-corrected chi connectivity index (χ1v) is 5.27. The van der Waals surface area contributed by atoms with Crippen LogP contribution >= 0.6 is 11.6 Å². The maximum atomic E-state index is 9.16. The molecule has 1 rings (SSSR count). The van der Waals surface area contributed by atoms with Crippen molar-refractivity contribution >= 4 is 17.3 Å². The van der Waals surface area contributed by atoms with Gasteiger partial charge in [-0.3, -0.25) is 0 Å². The minimum Gasteiger partial charge on any atom is -0.396 e. The van der Waals surface area contributed by atoms with Crippen LogP contribution in [0.25, 0.3) is 0 Å². The number of anilines is 1. The van der Waals surface area contributed by atoms with Crippen LogP contribution in [0, 0.1) is 0 Å². The molecule has 0 heterocycles. The third-order valence-electron chi connectivity index (χ3n) is 2.45. The summed E-state index contributed by atoms with van der Waals surface area (Å²) >= 11 is 5.78. The van der Waals surface area contributed by atoms with E-state index in [-0.39, 0.29) is 19.3 Å². The van der Waals surface area contributed by atoms with Crippen LogP contribution in [0.5, 0.6) is 0 Å². The summed E-state index contributed by atoms with van der Waals surface area (Å²) in [6.07, 6.45) is 0.551. The van der Waals surface area contributed by atoms with Gasteiger partial charge in [0.2, 0.25) is 0 Å². The van der Waals surface area contributed by atoms with E-state index in [4.69, 9.17) is 21.8 Å². The number of aliphatic hydroxyl groups is 2. The Kier molecular flexibility index (Phi) is 4.88. The van der Waals surface area contributed by atoms with E-state index in [0.717, 1.165) is 5.69 Å². The Morgan fingerprint density at radius 3 is 2.33 bits per heavy atom. The fourth-order valence-corrected chi connectivity index (χ4v) is 1.57. The highest BCUT2D eigenvalue weighted by molar-refractivity contribution is 6.30. The van der Waals surface area contributed by atoms with Gasteiger partial charge in [-0.25, -0.2) is 0 Å². The summed E-state index contributed by atoms with van der Waals surface area (Å²) in [5, 5.41) is 18.7. The van der Waals surface area contributed by atoms with Crippen molar-refractivity contribution in [3.05, 3.63) is 29.3 Å². The number of hydrogen-bond donors (Lipinski definition) is 2. The third-order valence-corrected chi connectivity index (χ3v) is 2.71. The highest BCUT2D eigenvalue weighted by Crippen LogP contribution is 2.19. The lowest BCUT2D eigenvalue weighted by Gasteiger charge is -2.28. The van der Waals surface area contributed by atoms with E-state index in [9.17, 15) is 0 Å². The maximum Gasteiger partial charge on any atom is 0.0635 e. The van der Waals surface area contributed by atoms with Gasteiger partial charge in [-0.15, -0.1) is 0 Å². The van der Waals surface area contributed by atoms with Gasteiger partial charge in [-0.2, -0.15) is 0 Å². The van der Waals surface area contributed by atoms with Crippen LogP contribution in [0.2, 0.25) is 5.02 Å². The maximum absolute atomic E-state index is 9.16. The van der Waals surface area contributed by atoms with Crippen molar-refractivity contribution in [2.75, 3.05) is 25.2 Å². The molecule has 0 saturated heterocycles. The fraction of sp³-hybridized carbons (Fsp3) is 0.455. The second-order valence-corrected chi connectivity index (χ2v) is 3.87. The summed E-state index contributed by atoms with van der Waals surface area (Å²) in [6.45, 7) is 0.100. The molecule has 3 nitrogen and oxygen atoms in total. The largest absolute Gasteiger partial charge is 0.396 e. The molecule has 0 fully saturated rings. The number of likely N-dealkylation sites (N-methyl/N-ethyl adjacent to an activating group) is 1. The molecule has 0 aromatic heterocycles. The normalized spacial score (nSPS) is 12.5. The molecule has 1 unspecified atom stereocenters. The van der Waals surface area contributed by atoms with Gasteiger partial charge in [0, 0.05) is 24.4 Å². The molecule has 1 atom stereocenters. The van der Waals surface area contributed by atoms with Crippen molar-refractivity contribution in [2.24, 2.45) is 0 Å². The second kappa shape index (κ2) is 5.95. The smallest absolute Gasteiger partial charge is 0.0635 e. The zero-order chi connectivity index (χ0) is 11.3. The lowest BCUT2D eigenvalue weighted by Crippen LogP contribution is -2.35. The molecule has 15 heavy (non-hydrogen) atoms. The first-order valence-electron chi connectivity index (χ1n) is 4.89. The highest BCUT2D eigenvalue weighted by Gasteiger charge is 2.13. The van der Waals surface area contributed by atoms with Crippen LogP contribution in [0.15, 0.2) is 24.3 Å². The molecular weight excluding hydrogens is 214 g/mol. The van der Waals surface area contributed by atoms with Crippen molar-refractivity contribution in [3.63, 3.8) is 0 Å². The van der Waals surface area contributed by atoms with Crippen molar-refractivity contribution in [1.82, 2.24) is 0 Å². The lowest BCUT2D eigenvalue weighted by atomic mass is 10.2. The van der Waals surface area contributed by atoms with Crippen molar-refractivity contribution in [3.8, 4) is 0 Å². The molecule has 2 N–H and O–H groups in total. The van der Waals surface area contributed by atoms with Gasteiger partial charge in [-0.05, 0) is 30.7 Å². The highest BCUT2D eigenvalue weighted by atomic mass is 35.5. The van der Waals surface area contributed by atoms with Gasteiger partial charge in [0.1, 0.15) is 0 Å². The molecule has 1 aromatic rings. The minimum atomic E-state index is -0.0591. The van der Waals surface area contributed by atoms with Gasteiger partial charge >= 0.3 is 0 Å². The molecule has 1 aromatic carbocycles. The van der Waals surface area contributed by atoms with Crippen LogP contribution < -0.4 is 4.90 Å². The Labute approximate surface area is 94.9 Å². The SMILES string of the molecule is CN(c1ccc(Cl)cc1)C(CO)CCO. The minimum absolute atomic E-state index is 0.0275. The number of benzene rings is 1. The molecule has 0 aliphatic rings. The van der Waals surface area contributed by atoms with Crippen molar-refractivity contribution in [2.45, 2.75) is 12.5 Å². The van der Waals surface area contributed by atoms with Crippen LogP contribution in [-0.4, -0.2) is 36.5 Å². The molecule has 84 valence electrons. The van der Waals surface area contributed by atoms with Crippen LogP contribution in [0.3, 0.4) is 0 Å². The third kappa shape index (κ3) is 3.38. The topological polar surface area (TPSA) is 43.7 Å². The quantitative estimate of drug-likeness (QED) is 0.805. The zero-order valence-corrected chi connectivity index (χ0v) is 9.48. The molecule has 0 aliphatic carbocycles. The Balaban J connectivity index is 2.73. The first kappa shape index (κ1) is 12.3. The second-order valence-electron chi connectivity index (χ2n) is 3.44. The molecule has 0 aliphatic heterocycles. The average Bonchev–Trinajstić information content (AvgIpc) is 2.26. The standard InChI is InChI=1S/C11H16ClNO2/c1-13(11(8-15)6-7-14)10-4-2-9(12)3-5-10/h2-5,11,14-15H,6-8H2,1H3. The predicted molar refractivity (Wildman–Crippen MR) is 62.4 cm³/mol. The summed E-state index contributed by atoms with van der Waals surface area (Å²) in [7, 11) is 1.89. The summed E-state index contributed by atoms with van der Waals surface area (Å²) in [5.41, 5.74) is 0.979. The van der Waals surface area contributed by atoms with E-state index in [2.05, 4.69) is 0 Å². The molecular formula is C11H16ClNO2. The molecule has 0 bridgehead atoms. The number of hydrogen-bond acceptors (Lipinski definition) is 3. The Morgan fingerprint density at radius 1 is 1.27 bits per heavy atom. The van der Waals surface area contributed by atoms with Gasteiger partial charge in [-0.1, -0.05) is 11.6 Å². The molecule has 4 heteroatoms. The van der Waals surface area contributed by atoms with Gasteiger partial charge < -0.3 is 15.1 Å². The average molecular weight is 230 g/mol. The molecule has 0 spiro atoms. The lowest BCUT2D eigenvalue weighted by molar-refractivity contribution is 0.218. The molecule has 0 saturated carbocycles. The van der Waals surface area contributed by atoms with Crippen LogP contribution in [-0.2, 0) is 0 Å². The van der Waals surface area contributed by atoms with E-state index < -0.39 is 0 Å². The van der Waals surface area contributed by atoms with Crippen molar-refractivity contribution in [1.29, 1.82) is 0 Å². The van der Waals surface area contributed by atoms with Crippen LogP contribution in [0.1, 0.15) is 6.42 Å². The fourth-order valence-electron chi connectivity index (χ4n) is 1.44. The number of halogens is 1.